The zero-order valence-corrected chi connectivity index (χ0v) is 11.4. The molecule has 1 rings (SSSR count). The van der Waals surface area contributed by atoms with Crippen molar-refractivity contribution >= 4 is 5.91 Å². The summed E-state index contributed by atoms with van der Waals surface area (Å²) in [4.78, 5) is 12.0. The van der Waals surface area contributed by atoms with Crippen LogP contribution in [0, 0.1) is 0 Å². The normalized spacial score (nSPS) is 13.9. The van der Waals surface area contributed by atoms with Gasteiger partial charge in [-0.25, -0.2) is 0 Å². The molecular weight excluding hydrogens is 224 g/mol. The van der Waals surface area contributed by atoms with Crippen molar-refractivity contribution in [2.45, 2.75) is 51.6 Å². The van der Waals surface area contributed by atoms with Crippen molar-refractivity contribution in [3.05, 3.63) is 35.9 Å². The summed E-state index contributed by atoms with van der Waals surface area (Å²) in [6, 6.07) is 9.69. The van der Waals surface area contributed by atoms with Gasteiger partial charge in [0.15, 0.2) is 0 Å². The van der Waals surface area contributed by atoms with Crippen molar-refractivity contribution in [1.82, 2.24) is 5.32 Å². The smallest absolute Gasteiger partial charge is 0.237 e. The number of nitrogens with two attached hydrogens (primary N) is 1. The Morgan fingerprint density at radius 3 is 2.50 bits per heavy atom. The number of hydrogen-bond donors (Lipinski definition) is 2. The third kappa shape index (κ3) is 4.49. The van der Waals surface area contributed by atoms with E-state index in [0.717, 1.165) is 31.2 Å². The number of benzene rings is 1. The maximum atomic E-state index is 12.0. The number of carbonyl (C=O) groups excluding carboxylic acids is 1. The average molecular weight is 248 g/mol. The molecule has 100 valence electrons. The monoisotopic (exact) mass is 248 g/mol. The van der Waals surface area contributed by atoms with Crippen LogP contribution in [-0.4, -0.2) is 11.9 Å². The second-order valence-electron chi connectivity index (χ2n) is 4.63. The molecule has 0 bridgehead atoms. The van der Waals surface area contributed by atoms with Gasteiger partial charge in [0.25, 0.3) is 0 Å². The Bertz CT molecular complexity index is 351. The Morgan fingerprint density at radius 2 is 1.94 bits per heavy atom. The highest BCUT2D eigenvalue weighted by Crippen LogP contribution is 2.16. The maximum absolute atomic E-state index is 12.0. The van der Waals surface area contributed by atoms with Gasteiger partial charge in [-0.05, 0) is 18.4 Å². The summed E-state index contributed by atoms with van der Waals surface area (Å²) >= 11 is 0. The molecule has 2 atom stereocenters. The largest absolute Gasteiger partial charge is 0.348 e. The van der Waals surface area contributed by atoms with Crippen LogP contribution in [0.15, 0.2) is 30.3 Å². The summed E-state index contributed by atoms with van der Waals surface area (Å²) in [6.07, 6.45) is 3.69. The molecule has 18 heavy (non-hydrogen) atoms. The van der Waals surface area contributed by atoms with Crippen LogP contribution in [-0.2, 0) is 4.79 Å². The zero-order chi connectivity index (χ0) is 13.4. The number of rotatable bonds is 7. The molecule has 2 unspecified atom stereocenters. The van der Waals surface area contributed by atoms with E-state index in [1.807, 2.05) is 30.3 Å². The number of hydrogen-bond acceptors (Lipinski definition) is 2. The maximum Gasteiger partial charge on any atom is 0.237 e. The molecule has 3 N–H and O–H groups in total. The first-order chi connectivity index (χ1) is 8.69. The second-order valence-corrected chi connectivity index (χ2v) is 4.63. The Kier molecular flexibility index (Phi) is 6.44. The van der Waals surface area contributed by atoms with Crippen molar-refractivity contribution < 1.29 is 4.79 Å². The van der Waals surface area contributed by atoms with Gasteiger partial charge in [-0.15, -0.1) is 0 Å². The van der Waals surface area contributed by atoms with Crippen LogP contribution in [0.25, 0.3) is 0 Å². The van der Waals surface area contributed by atoms with Crippen molar-refractivity contribution in [1.29, 1.82) is 0 Å². The van der Waals surface area contributed by atoms with Crippen LogP contribution >= 0.6 is 0 Å². The zero-order valence-electron chi connectivity index (χ0n) is 11.4. The first-order valence-electron chi connectivity index (χ1n) is 6.79. The predicted octanol–water partition coefficient (Wildman–Crippen LogP) is 2.77. The fraction of sp³-hybridized carbons (Fsp3) is 0.533. The highest BCUT2D eigenvalue weighted by molar-refractivity contribution is 5.81. The van der Waals surface area contributed by atoms with E-state index in [2.05, 4.69) is 19.2 Å². The SMILES string of the molecule is CCCCC(N)C(=O)NC(CC)c1ccccc1. The molecule has 1 aromatic carbocycles. The lowest BCUT2D eigenvalue weighted by Crippen LogP contribution is -2.42. The van der Waals surface area contributed by atoms with Gasteiger partial charge in [-0.2, -0.15) is 0 Å². The van der Waals surface area contributed by atoms with E-state index in [4.69, 9.17) is 5.73 Å². The first kappa shape index (κ1) is 14.7. The number of nitrogens with one attached hydrogen (secondary N) is 1. The van der Waals surface area contributed by atoms with Crippen LogP contribution in [0.1, 0.15) is 51.1 Å². The number of unbranched alkanes of at least 4 members (excludes halogenated alkanes) is 1. The molecule has 0 heterocycles. The Labute approximate surface area is 110 Å². The minimum Gasteiger partial charge on any atom is -0.348 e. The Hall–Kier alpha value is -1.35. The Balaban J connectivity index is 2.56. The molecular formula is C15H24N2O. The third-order valence-electron chi connectivity index (χ3n) is 3.13. The molecule has 1 aromatic rings. The molecule has 0 aromatic heterocycles. The first-order valence-corrected chi connectivity index (χ1v) is 6.79. The molecule has 0 saturated heterocycles. The summed E-state index contributed by atoms with van der Waals surface area (Å²) in [5, 5.41) is 3.03. The molecule has 0 aliphatic carbocycles. The van der Waals surface area contributed by atoms with Crippen LogP contribution in [0.3, 0.4) is 0 Å². The highest BCUT2D eigenvalue weighted by Gasteiger charge is 2.17. The summed E-state index contributed by atoms with van der Waals surface area (Å²) in [7, 11) is 0. The van der Waals surface area contributed by atoms with E-state index < -0.39 is 0 Å². The van der Waals surface area contributed by atoms with Gasteiger partial charge in [-0.3, -0.25) is 4.79 Å². The van der Waals surface area contributed by atoms with E-state index >= 15 is 0 Å². The molecule has 3 heteroatoms. The highest BCUT2D eigenvalue weighted by atomic mass is 16.2. The molecule has 0 spiro atoms. The third-order valence-corrected chi connectivity index (χ3v) is 3.13. The van der Waals surface area contributed by atoms with Crippen LogP contribution in [0.2, 0.25) is 0 Å². The van der Waals surface area contributed by atoms with E-state index in [1.54, 1.807) is 0 Å². The average Bonchev–Trinajstić information content (AvgIpc) is 2.42. The molecule has 0 radical (unpaired) electrons. The lowest BCUT2D eigenvalue weighted by atomic mass is 10.0. The fourth-order valence-electron chi connectivity index (χ4n) is 1.94. The molecule has 3 nitrogen and oxygen atoms in total. The van der Waals surface area contributed by atoms with Gasteiger partial charge in [0.2, 0.25) is 5.91 Å². The van der Waals surface area contributed by atoms with Crippen molar-refractivity contribution in [3.8, 4) is 0 Å². The van der Waals surface area contributed by atoms with E-state index in [0.29, 0.717) is 0 Å². The van der Waals surface area contributed by atoms with Crippen LogP contribution in [0.5, 0.6) is 0 Å². The van der Waals surface area contributed by atoms with Gasteiger partial charge in [0.05, 0.1) is 12.1 Å². The van der Waals surface area contributed by atoms with Crippen molar-refractivity contribution in [3.63, 3.8) is 0 Å². The quantitative estimate of drug-likeness (QED) is 0.779. The van der Waals surface area contributed by atoms with Crippen molar-refractivity contribution in [2.24, 2.45) is 5.73 Å². The summed E-state index contributed by atoms with van der Waals surface area (Å²) in [5.41, 5.74) is 7.01. The van der Waals surface area contributed by atoms with E-state index in [1.165, 1.54) is 0 Å². The minimum absolute atomic E-state index is 0.0425. The van der Waals surface area contributed by atoms with Gasteiger partial charge < -0.3 is 11.1 Å². The Morgan fingerprint density at radius 1 is 1.28 bits per heavy atom. The van der Waals surface area contributed by atoms with Crippen LogP contribution < -0.4 is 11.1 Å². The van der Waals surface area contributed by atoms with Gasteiger partial charge in [0.1, 0.15) is 0 Å². The lowest BCUT2D eigenvalue weighted by molar-refractivity contribution is -0.123. The molecule has 0 fully saturated rings. The summed E-state index contributed by atoms with van der Waals surface area (Å²) in [6.45, 7) is 4.17. The lowest BCUT2D eigenvalue weighted by Gasteiger charge is -2.20. The molecule has 1 amide bonds. The second kappa shape index (κ2) is 7.88. The molecule has 0 aliphatic heterocycles. The standard InChI is InChI=1S/C15H24N2O/c1-3-5-11-13(16)15(18)17-14(4-2)12-9-7-6-8-10-12/h6-10,13-14H,3-5,11,16H2,1-2H3,(H,17,18). The summed E-state index contributed by atoms with van der Waals surface area (Å²) < 4.78 is 0. The van der Waals surface area contributed by atoms with E-state index in [9.17, 15) is 4.79 Å². The van der Waals surface area contributed by atoms with Gasteiger partial charge in [0, 0.05) is 0 Å². The number of amides is 1. The fourth-order valence-corrected chi connectivity index (χ4v) is 1.94. The van der Waals surface area contributed by atoms with Gasteiger partial charge >= 0.3 is 0 Å². The van der Waals surface area contributed by atoms with E-state index in [-0.39, 0.29) is 18.0 Å². The van der Waals surface area contributed by atoms with Crippen molar-refractivity contribution in [2.75, 3.05) is 0 Å². The topological polar surface area (TPSA) is 55.1 Å². The number of carbonyl (C=O) groups is 1. The summed E-state index contributed by atoms with van der Waals surface area (Å²) in [5.74, 6) is -0.0425. The molecule has 0 aliphatic rings. The minimum atomic E-state index is -0.386. The van der Waals surface area contributed by atoms with Crippen LogP contribution in [0.4, 0.5) is 0 Å². The predicted molar refractivity (Wildman–Crippen MR) is 75.1 cm³/mol. The van der Waals surface area contributed by atoms with Gasteiger partial charge in [-0.1, -0.05) is 57.0 Å². The molecule has 0 saturated carbocycles.